The second kappa shape index (κ2) is 7.21. The molecule has 1 aliphatic heterocycles. The van der Waals surface area contributed by atoms with Gasteiger partial charge in [-0.1, -0.05) is 17.7 Å². The van der Waals surface area contributed by atoms with E-state index in [1.807, 2.05) is 6.92 Å². The van der Waals surface area contributed by atoms with Gasteiger partial charge in [0.1, 0.15) is 0 Å². The average molecular weight is 326 g/mol. The van der Waals surface area contributed by atoms with E-state index < -0.39 is 16.0 Å². The smallest absolute Gasteiger partial charge is 0.303 e. The van der Waals surface area contributed by atoms with Crippen LogP contribution in [0.2, 0.25) is 0 Å². The van der Waals surface area contributed by atoms with Crippen molar-refractivity contribution in [3.8, 4) is 0 Å². The lowest BCUT2D eigenvalue weighted by atomic mass is 10.2. The van der Waals surface area contributed by atoms with Crippen molar-refractivity contribution < 1.29 is 18.3 Å². The Labute approximate surface area is 131 Å². The number of nitrogens with zero attached hydrogens (tertiary/aromatic N) is 1. The van der Waals surface area contributed by atoms with Crippen molar-refractivity contribution in [1.29, 1.82) is 0 Å². The van der Waals surface area contributed by atoms with Crippen LogP contribution in [0.5, 0.6) is 0 Å². The van der Waals surface area contributed by atoms with E-state index in [4.69, 9.17) is 5.11 Å². The monoisotopic (exact) mass is 326 g/mol. The molecule has 1 heterocycles. The van der Waals surface area contributed by atoms with Crippen molar-refractivity contribution in [2.45, 2.75) is 37.1 Å². The molecule has 1 unspecified atom stereocenters. The average Bonchev–Trinajstić information content (AvgIpc) is 2.85. The van der Waals surface area contributed by atoms with Gasteiger partial charge in [-0.15, -0.1) is 0 Å². The van der Waals surface area contributed by atoms with E-state index in [2.05, 4.69) is 9.62 Å². The van der Waals surface area contributed by atoms with Gasteiger partial charge in [-0.25, -0.2) is 13.1 Å². The lowest BCUT2D eigenvalue weighted by molar-refractivity contribution is -0.137. The van der Waals surface area contributed by atoms with Crippen LogP contribution in [-0.4, -0.2) is 50.1 Å². The van der Waals surface area contributed by atoms with Gasteiger partial charge in [-0.05, 0) is 45.0 Å². The van der Waals surface area contributed by atoms with E-state index in [0.717, 1.165) is 18.5 Å². The molecule has 1 aromatic rings. The summed E-state index contributed by atoms with van der Waals surface area (Å²) in [6, 6.07) is 6.66. The number of carboxylic acid groups (broad SMARTS) is 1. The summed E-state index contributed by atoms with van der Waals surface area (Å²) in [5.74, 6) is -0.796. The van der Waals surface area contributed by atoms with E-state index in [-0.39, 0.29) is 17.4 Å². The van der Waals surface area contributed by atoms with Gasteiger partial charge in [-0.2, -0.15) is 0 Å². The number of likely N-dealkylation sites (tertiary alicyclic amines) is 1. The maximum atomic E-state index is 12.3. The van der Waals surface area contributed by atoms with Crippen molar-refractivity contribution in [1.82, 2.24) is 9.62 Å². The van der Waals surface area contributed by atoms with Gasteiger partial charge in [0.15, 0.2) is 0 Å². The third kappa shape index (κ3) is 4.79. The predicted octanol–water partition coefficient (Wildman–Crippen LogP) is 1.21. The Hall–Kier alpha value is -1.44. The molecule has 0 aliphatic carbocycles. The van der Waals surface area contributed by atoms with Gasteiger partial charge < -0.3 is 10.0 Å². The van der Waals surface area contributed by atoms with Crippen LogP contribution in [0.25, 0.3) is 0 Å². The molecule has 122 valence electrons. The molecular weight excluding hydrogens is 304 g/mol. The molecule has 0 spiro atoms. The van der Waals surface area contributed by atoms with E-state index in [9.17, 15) is 13.2 Å². The topological polar surface area (TPSA) is 86.7 Å². The summed E-state index contributed by atoms with van der Waals surface area (Å²) >= 11 is 0. The first kappa shape index (κ1) is 16.9. The van der Waals surface area contributed by atoms with Gasteiger partial charge in [-0.3, -0.25) is 4.79 Å². The van der Waals surface area contributed by atoms with Crippen LogP contribution in [0.15, 0.2) is 29.2 Å². The first-order valence-electron chi connectivity index (χ1n) is 7.40. The number of nitrogens with one attached hydrogen (secondary N) is 1. The van der Waals surface area contributed by atoms with E-state index in [1.54, 1.807) is 24.3 Å². The largest absolute Gasteiger partial charge is 0.481 e. The second-order valence-electron chi connectivity index (χ2n) is 5.72. The van der Waals surface area contributed by atoms with Gasteiger partial charge >= 0.3 is 5.97 Å². The molecule has 0 saturated carbocycles. The van der Waals surface area contributed by atoms with E-state index >= 15 is 0 Å². The third-order valence-corrected chi connectivity index (χ3v) is 5.33. The maximum Gasteiger partial charge on any atom is 0.303 e. The summed E-state index contributed by atoms with van der Waals surface area (Å²) in [4.78, 5) is 12.9. The van der Waals surface area contributed by atoms with E-state index in [1.165, 1.54) is 0 Å². The maximum absolute atomic E-state index is 12.3. The number of carboxylic acids is 1. The van der Waals surface area contributed by atoms with Crippen LogP contribution in [0, 0.1) is 6.92 Å². The lowest BCUT2D eigenvalue weighted by Gasteiger charge is -2.16. The highest BCUT2D eigenvalue weighted by Gasteiger charge is 2.26. The molecule has 2 rings (SSSR count). The zero-order valence-electron chi connectivity index (χ0n) is 12.7. The molecule has 2 N–H and O–H groups in total. The number of rotatable bonds is 7. The Morgan fingerprint density at radius 3 is 2.68 bits per heavy atom. The van der Waals surface area contributed by atoms with Crippen molar-refractivity contribution in [3.05, 3.63) is 29.8 Å². The fraction of sp³-hybridized carbons (Fsp3) is 0.533. The Kier molecular flexibility index (Phi) is 5.55. The molecule has 1 saturated heterocycles. The Balaban J connectivity index is 1.86. The highest BCUT2D eigenvalue weighted by molar-refractivity contribution is 7.89. The second-order valence-corrected chi connectivity index (χ2v) is 7.43. The van der Waals surface area contributed by atoms with Crippen molar-refractivity contribution in [3.63, 3.8) is 0 Å². The summed E-state index contributed by atoms with van der Waals surface area (Å²) in [7, 11) is -3.49. The van der Waals surface area contributed by atoms with Crippen LogP contribution in [0.4, 0.5) is 0 Å². The molecule has 0 amide bonds. The number of sulfonamides is 1. The number of benzene rings is 1. The first-order chi connectivity index (χ1) is 10.4. The van der Waals surface area contributed by atoms with Gasteiger partial charge in [0, 0.05) is 19.0 Å². The SMILES string of the molecule is Cc1ccc(S(=O)(=O)NC2CCN(CCCC(=O)O)C2)cc1. The summed E-state index contributed by atoms with van der Waals surface area (Å²) in [6.45, 7) is 4.02. The van der Waals surface area contributed by atoms with Crippen LogP contribution in [0.3, 0.4) is 0 Å². The van der Waals surface area contributed by atoms with E-state index in [0.29, 0.717) is 19.5 Å². The van der Waals surface area contributed by atoms with Gasteiger partial charge in [0.25, 0.3) is 0 Å². The highest BCUT2D eigenvalue weighted by Crippen LogP contribution is 2.15. The molecule has 1 aliphatic rings. The molecule has 6 nitrogen and oxygen atoms in total. The summed E-state index contributed by atoms with van der Waals surface area (Å²) in [6.07, 6.45) is 1.49. The van der Waals surface area contributed by atoms with Crippen LogP contribution >= 0.6 is 0 Å². The van der Waals surface area contributed by atoms with Crippen molar-refractivity contribution >= 4 is 16.0 Å². The molecule has 1 aromatic carbocycles. The lowest BCUT2D eigenvalue weighted by Crippen LogP contribution is -2.37. The van der Waals surface area contributed by atoms with Crippen molar-refractivity contribution in [2.24, 2.45) is 0 Å². The standard InChI is InChI=1S/C15H22N2O4S/c1-12-4-6-14(7-5-12)22(20,21)16-13-8-10-17(11-13)9-2-3-15(18)19/h4-7,13,16H,2-3,8-11H2,1H3,(H,18,19). The molecule has 22 heavy (non-hydrogen) atoms. The molecule has 7 heteroatoms. The number of aliphatic carboxylic acids is 1. The zero-order chi connectivity index (χ0) is 16.2. The predicted molar refractivity (Wildman–Crippen MR) is 83.2 cm³/mol. The molecule has 0 aromatic heterocycles. The molecule has 0 bridgehead atoms. The Morgan fingerprint density at radius 2 is 2.05 bits per heavy atom. The first-order valence-corrected chi connectivity index (χ1v) is 8.88. The number of aryl methyl sites for hydroxylation is 1. The minimum atomic E-state index is -3.49. The summed E-state index contributed by atoms with van der Waals surface area (Å²) < 4.78 is 27.3. The van der Waals surface area contributed by atoms with Crippen molar-refractivity contribution in [2.75, 3.05) is 19.6 Å². The quantitative estimate of drug-likeness (QED) is 0.786. The minimum Gasteiger partial charge on any atom is -0.481 e. The van der Waals surface area contributed by atoms with Gasteiger partial charge in [0.05, 0.1) is 4.90 Å². The minimum absolute atomic E-state index is 0.115. The fourth-order valence-electron chi connectivity index (χ4n) is 2.59. The molecular formula is C15H22N2O4S. The molecule has 1 fully saturated rings. The normalized spacial score (nSPS) is 19.4. The number of carbonyl (C=O) groups is 1. The molecule has 1 atom stereocenters. The number of hydrogen-bond donors (Lipinski definition) is 2. The summed E-state index contributed by atoms with van der Waals surface area (Å²) in [5, 5.41) is 8.63. The third-order valence-electron chi connectivity index (χ3n) is 3.79. The number of hydrogen-bond acceptors (Lipinski definition) is 4. The van der Waals surface area contributed by atoms with Crippen LogP contribution in [-0.2, 0) is 14.8 Å². The zero-order valence-corrected chi connectivity index (χ0v) is 13.5. The summed E-state index contributed by atoms with van der Waals surface area (Å²) in [5.41, 5.74) is 1.02. The van der Waals surface area contributed by atoms with Crippen LogP contribution < -0.4 is 4.72 Å². The molecule has 0 radical (unpaired) electrons. The van der Waals surface area contributed by atoms with Gasteiger partial charge in [0.2, 0.25) is 10.0 Å². The Bertz CT molecular complexity index is 613. The van der Waals surface area contributed by atoms with Crippen LogP contribution in [0.1, 0.15) is 24.8 Å². The fourth-order valence-corrected chi connectivity index (χ4v) is 3.85. The Morgan fingerprint density at radius 1 is 1.36 bits per heavy atom. The highest BCUT2D eigenvalue weighted by atomic mass is 32.2.